The number of thiol groups is 1. The molecule has 0 radical (unpaired) electrons. The number of hydrogen-bond donors (Lipinski definition) is 1. The lowest BCUT2D eigenvalue weighted by molar-refractivity contribution is 0.262. The first-order chi connectivity index (χ1) is 7.27. The van der Waals surface area contributed by atoms with Crippen molar-refractivity contribution in [1.82, 2.24) is 4.57 Å². The molecule has 0 N–H and O–H groups in total. The van der Waals surface area contributed by atoms with E-state index in [1.54, 1.807) is 10.8 Å². The molecule has 0 spiro atoms. The summed E-state index contributed by atoms with van der Waals surface area (Å²) < 4.78 is 1.55. The number of benzene rings is 1. The lowest BCUT2D eigenvalue weighted by Gasteiger charge is -2.04. The number of carbonyl (C=O) groups is 1. The van der Waals surface area contributed by atoms with Crippen LogP contribution in [-0.4, -0.2) is 9.81 Å². The third kappa shape index (κ3) is 2.30. The molecular formula is C12H11NOS. The highest BCUT2D eigenvalue weighted by molar-refractivity contribution is 7.96. The van der Waals surface area contributed by atoms with Crippen molar-refractivity contribution in [3.63, 3.8) is 0 Å². The molecular weight excluding hydrogens is 206 g/mol. The Bertz CT molecular complexity index is 461. The highest BCUT2D eigenvalue weighted by Gasteiger charge is 2.05. The van der Waals surface area contributed by atoms with Crippen LogP contribution in [0.25, 0.3) is 0 Å². The smallest absolute Gasteiger partial charge is 0.282 e. The first-order valence-corrected chi connectivity index (χ1v) is 5.15. The van der Waals surface area contributed by atoms with E-state index in [0.29, 0.717) is 0 Å². The predicted molar refractivity (Wildman–Crippen MR) is 63.5 cm³/mol. The molecule has 2 aromatic rings. The third-order valence-corrected chi connectivity index (χ3v) is 2.48. The topological polar surface area (TPSA) is 22.0 Å². The Kier molecular flexibility index (Phi) is 2.92. The maximum Gasteiger partial charge on any atom is 0.286 e. The van der Waals surface area contributed by atoms with Gasteiger partial charge < -0.3 is 0 Å². The van der Waals surface area contributed by atoms with E-state index in [2.05, 4.69) is 12.6 Å². The lowest BCUT2D eigenvalue weighted by Crippen LogP contribution is -2.05. The van der Waals surface area contributed by atoms with Gasteiger partial charge in [-0.15, -0.1) is 0 Å². The summed E-state index contributed by atoms with van der Waals surface area (Å²) in [4.78, 5) is 11.1. The molecule has 1 heterocycles. The minimum absolute atomic E-state index is 0.245. The van der Waals surface area contributed by atoms with Gasteiger partial charge in [0.05, 0.1) is 0 Å². The second-order valence-electron chi connectivity index (χ2n) is 3.31. The van der Waals surface area contributed by atoms with E-state index in [1.165, 1.54) is 5.56 Å². The van der Waals surface area contributed by atoms with Crippen LogP contribution in [0.15, 0.2) is 48.7 Å². The third-order valence-electron chi connectivity index (χ3n) is 2.27. The maximum atomic E-state index is 11.1. The van der Waals surface area contributed by atoms with E-state index in [9.17, 15) is 4.79 Å². The summed E-state index contributed by atoms with van der Waals surface area (Å²) >= 11 is 3.81. The van der Waals surface area contributed by atoms with Crippen LogP contribution in [-0.2, 0) is 6.42 Å². The number of rotatable bonds is 2. The van der Waals surface area contributed by atoms with Crippen molar-refractivity contribution >= 4 is 17.9 Å². The van der Waals surface area contributed by atoms with Crippen LogP contribution in [0.4, 0.5) is 4.79 Å². The van der Waals surface area contributed by atoms with Crippen LogP contribution in [0, 0.1) is 0 Å². The van der Waals surface area contributed by atoms with Gasteiger partial charge in [0, 0.05) is 18.3 Å². The average Bonchev–Trinajstić information content (AvgIpc) is 2.67. The highest BCUT2D eigenvalue weighted by atomic mass is 32.1. The molecule has 0 amide bonds. The minimum Gasteiger partial charge on any atom is -0.282 e. The summed E-state index contributed by atoms with van der Waals surface area (Å²) in [6, 6.07) is 13.8. The fourth-order valence-electron chi connectivity index (χ4n) is 1.55. The lowest BCUT2D eigenvalue weighted by atomic mass is 10.1. The fraction of sp³-hybridized carbons (Fsp3) is 0.0833. The summed E-state index contributed by atoms with van der Waals surface area (Å²) in [5, 5.41) is -0.245. The SMILES string of the molecule is O=C(S)n1cccc1Cc1ccccc1. The molecule has 0 unspecified atom stereocenters. The molecule has 0 bridgehead atoms. The Balaban J connectivity index is 2.25. The monoisotopic (exact) mass is 217 g/mol. The Morgan fingerprint density at radius 2 is 1.87 bits per heavy atom. The van der Waals surface area contributed by atoms with Crippen LogP contribution >= 0.6 is 12.6 Å². The molecule has 1 aromatic carbocycles. The molecule has 76 valence electrons. The van der Waals surface area contributed by atoms with Gasteiger partial charge >= 0.3 is 0 Å². The molecule has 2 nitrogen and oxygen atoms in total. The van der Waals surface area contributed by atoms with Crippen molar-refractivity contribution in [2.45, 2.75) is 6.42 Å². The maximum absolute atomic E-state index is 11.1. The van der Waals surface area contributed by atoms with E-state index in [-0.39, 0.29) is 5.24 Å². The fourth-order valence-corrected chi connectivity index (χ4v) is 1.75. The van der Waals surface area contributed by atoms with Gasteiger partial charge in [-0.05, 0) is 17.7 Å². The Hall–Kier alpha value is -1.48. The molecule has 0 saturated heterocycles. The second-order valence-corrected chi connectivity index (χ2v) is 3.70. The standard InChI is InChI=1S/C12H11NOS/c14-12(15)13-8-4-7-11(13)9-10-5-2-1-3-6-10/h1-8H,9H2,(H,14,15). The van der Waals surface area contributed by atoms with E-state index in [4.69, 9.17) is 0 Å². The van der Waals surface area contributed by atoms with Gasteiger partial charge in [0.2, 0.25) is 0 Å². The zero-order chi connectivity index (χ0) is 10.7. The van der Waals surface area contributed by atoms with Gasteiger partial charge in [-0.3, -0.25) is 9.36 Å². The average molecular weight is 217 g/mol. The predicted octanol–water partition coefficient (Wildman–Crippen LogP) is 2.98. The molecule has 0 aliphatic rings. The number of hydrogen-bond acceptors (Lipinski definition) is 1. The molecule has 2 rings (SSSR count). The Morgan fingerprint density at radius 3 is 2.53 bits per heavy atom. The van der Waals surface area contributed by atoms with Crippen molar-refractivity contribution < 1.29 is 4.79 Å². The van der Waals surface area contributed by atoms with Crippen molar-refractivity contribution in [3.8, 4) is 0 Å². The summed E-state index contributed by atoms with van der Waals surface area (Å²) in [5.41, 5.74) is 2.15. The number of carbonyl (C=O) groups excluding carboxylic acids is 1. The summed E-state index contributed by atoms with van der Waals surface area (Å²) in [5.74, 6) is 0. The van der Waals surface area contributed by atoms with Crippen LogP contribution in [0.5, 0.6) is 0 Å². The number of nitrogens with zero attached hydrogens (tertiary/aromatic N) is 1. The van der Waals surface area contributed by atoms with Gasteiger partial charge in [0.1, 0.15) is 0 Å². The van der Waals surface area contributed by atoms with E-state index < -0.39 is 0 Å². The van der Waals surface area contributed by atoms with Crippen LogP contribution in [0.2, 0.25) is 0 Å². The van der Waals surface area contributed by atoms with Crippen molar-refractivity contribution in [2.24, 2.45) is 0 Å². The molecule has 0 saturated carbocycles. The molecule has 0 atom stereocenters. The van der Waals surface area contributed by atoms with Crippen molar-refractivity contribution in [1.29, 1.82) is 0 Å². The molecule has 3 heteroatoms. The molecule has 0 fully saturated rings. The van der Waals surface area contributed by atoms with Gasteiger partial charge in [0.25, 0.3) is 5.24 Å². The second kappa shape index (κ2) is 4.36. The highest BCUT2D eigenvalue weighted by Crippen LogP contribution is 2.11. The zero-order valence-corrected chi connectivity index (χ0v) is 9.02. The molecule has 15 heavy (non-hydrogen) atoms. The van der Waals surface area contributed by atoms with Gasteiger partial charge in [-0.2, -0.15) is 0 Å². The summed E-state index contributed by atoms with van der Waals surface area (Å²) in [7, 11) is 0. The van der Waals surface area contributed by atoms with Gasteiger partial charge in [-0.25, -0.2) is 0 Å². The van der Waals surface area contributed by atoms with Gasteiger partial charge in [0.15, 0.2) is 0 Å². The summed E-state index contributed by atoms with van der Waals surface area (Å²) in [6.07, 6.45) is 2.48. The first kappa shape index (κ1) is 10.1. The van der Waals surface area contributed by atoms with E-state index >= 15 is 0 Å². The Morgan fingerprint density at radius 1 is 1.13 bits per heavy atom. The Labute approximate surface area is 94.0 Å². The van der Waals surface area contributed by atoms with Crippen molar-refractivity contribution in [3.05, 3.63) is 59.9 Å². The van der Waals surface area contributed by atoms with Crippen molar-refractivity contribution in [2.75, 3.05) is 0 Å². The minimum atomic E-state index is -0.245. The largest absolute Gasteiger partial charge is 0.286 e. The van der Waals surface area contributed by atoms with E-state index in [0.717, 1.165) is 12.1 Å². The quantitative estimate of drug-likeness (QED) is 0.767. The molecule has 0 aliphatic heterocycles. The van der Waals surface area contributed by atoms with Crippen LogP contribution in [0.3, 0.4) is 0 Å². The van der Waals surface area contributed by atoms with Gasteiger partial charge in [-0.1, -0.05) is 43.0 Å². The van der Waals surface area contributed by atoms with E-state index in [1.807, 2.05) is 42.5 Å². The number of aromatic nitrogens is 1. The van der Waals surface area contributed by atoms with Crippen LogP contribution < -0.4 is 0 Å². The normalized spacial score (nSPS) is 10.2. The zero-order valence-electron chi connectivity index (χ0n) is 8.13. The molecule has 0 aliphatic carbocycles. The molecule has 1 aromatic heterocycles. The van der Waals surface area contributed by atoms with Crippen LogP contribution in [0.1, 0.15) is 11.3 Å². The summed E-state index contributed by atoms with van der Waals surface area (Å²) in [6.45, 7) is 0. The first-order valence-electron chi connectivity index (χ1n) is 4.71.